The van der Waals surface area contributed by atoms with Crippen molar-refractivity contribution in [1.29, 1.82) is 0 Å². The van der Waals surface area contributed by atoms with Crippen molar-refractivity contribution in [3.63, 3.8) is 0 Å². The number of benzene rings is 1. The first-order chi connectivity index (χ1) is 16.0. The van der Waals surface area contributed by atoms with Crippen LogP contribution in [-0.2, 0) is 22.7 Å². The number of aryl methyl sites for hydroxylation is 1. The molecule has 3 aromatic heterocycles. The molecule has 168 valence electrons. The van der Waals surface area contributed by atoms with Gasteiger partial charge in [-0.05, 0) is 25.1 Å². The van der Waals surface area contributed by atoms with Crippen LogP contribution in [0.4, 0.5) is 4.39 Å². The first-order valence-electron chi connectivity index (χ1n) is 10.4. The van der Waals surface area contributed by atoms with Crippen LogP contribution in [0.25, 0.3) is 17.1 Å². The molecular formula is C22H20FN7O3. The number of pyridine rings is 1. The van der Waals surface area contributed by atoms with Crippen LogP contribution in [0.5, 0.6) is 0 Å². The van der Waals surface area contributed by atoms with E-state index in [-0.39, 0.29) is 43.7 Å². The van der Waals surface area contributed by atoms with E-state index >= 15 is 0 Å². The summed E-state index contributed by atoms with van der Waals surface area (Å²) in [4.78, 5) is 30.8. The number of nitrogens with one attached hydrogen (secondary N) is 1. The summed E-state index contributed by atoms with van der Waals surface area (Å²) in [6, 6.07) is 9.91. The first-order valence-corrected chi connectivity index (χ1v) is 10.4. The van der Waals surface area contributed by atoms with Crippen molar-refractivity contribution in [3.8, 4) is 11.5 Å². The number of fused-ring (bicyclic) bond motifs is 1. The van der Waals surface area contributed by atoms with Gasteiger partial charge in [-0.25, -0.2) is 4.39 Å². The van der Waals surface area contributed by atoms with Crippen LogP contribution in [0, 0.1) is 18.7 Å². The van der Waals surface area contributed by atoms with E-state index in [4.69, 9.17) is 4.52 Å². The molecule has 0 spiro atoms. The van der Waals surface area contributed by atoms with Crippen molar-refractivity contribution >= 4 is 17.5 Å². The SMILES string of the molecule is Cc1noc(-c2cccn3c(CNC(=O)C4CC(=O)N(Cc5ccccc5F)C4)nnc23)n1. The van der Waals surface area contributed by atoms with E-state index in [2.05, 4.69) is 25.7 Å². The molecule has 5 rings (SSSR count). The van der Waals surface area contributed by atoms with Crippen LogP contribution in [0.1, 0.15) is 23.6 Å². The van der Waals surface area contributed by atoms with Gasteiger partial charge >= 0.3 is 0 Å². The summed E-state index contributed by atoms with van der Waals surface area (Å²) < 4.78 is 20.9. The summed E-state index contributed by atoms with van der Waals surface area (Å²) in [5.41, 5.74) is 1.58. The molecule has 4 aromatic rings. The molecule has 1 N–H and O–H groups in total. The normalized spacial score (nSPS) is 16.0. The molecule has 1 aliphatic rings. The summed E-state index contributed by atoms with van der Waals surface area (Å²) in [6.45, 7) is 2.23. The molecule has 1 atom stereocenters. The smallest absolute Gasteiger partial charge is 0.261 e. The Hall–Kier alpha value is -4.15. The van der Waals surface area contributed by atoms with Crippen molar-refractivity contribution < 1.29 is 18.5 Å². The molecule has 1 aromatic carbocycles. The second-order valence-corrected chi connectivity index (χ2v) is 7.86. The molecule has 11 heteroatoms. The summed E-state index contributed by atoms with van der Waals surface area (Å²) in [5, 5.41) is 15.0. The van der Waals surface area contributed by atoms with Crippen LogP contribution >= 0.6 is 0 Å². The lowest BCUT2D eigenvalue weighted by Crippen LogP contribution is -2.33. The minimum absolute atomic E-state index is 0.0849. The Morgan fingerprint density at radius 3 is 2.88 bits per heavy atom. The largest absolute Gasteiger partial charge is 0.348 e. The maximum atomic E-state index is 13.9. The molecule has 4 heterocycles. The summed E-state index contributed by atoms with van der Waals surface area (Å²) in [5.74, 6) is 0.0385. The number of hydrogen-bond acceptors (Lipinski definition) is 7. The minimum Gasteiger partial charge on any atom is -0.348 e. The first kappa shape index (κ1) is 20.7. The van der Waals surface area contributed by atoms with Gasteiger partial charge in [-0.3, -0.25) is 14.0 Å². The van der Waals surface area contributed by atoms with E-state index in [1.165, 1.54) is 11.0 Å². The third-order valence-corrected chi connectivity index (χ3v) is 5.59. The fourth-order valence-corrected chi connectivity index (χ4v) is 3.90. The molecule has 33 heavy (non-hydrogen) atoms. The number of halogens is 1. The number of aromatic nitrogens is 5. The number of nitrogens with zero attached hydrogens (tertiary/aromatic N) is 6. The van der Waals surface area contributed by atoms with E-state index in [1.807, 2.05) is 0 Å². The molecular weight excluding hydrogens is 429 g/mol. The highest BCUT2D eigenvalue weighted by Gasteiger charge is 2.34. The standard InChI is InChI=1S/C22H20FN7O3/c1-13-25-22(33-28-13)16-6-4-8-30-18(26-27-20(16)30)10-24-21(32)15-9-19(31)29(12-15)11-14-5-2-3-7-17(14)23/h2-8,15H,9-12H2,1H3,(H,24,32). The van der Waals surface area contributed by atoms with Crippen molar-refractivity contribution in [3.05, 3.63) is 65.6 Å². The molecule has 0 aliphatic carbocycles. The van der Waals surface area contributed by atoms with Crippen molar-refractivity contribution in [2.45, 2.75) is 26.4 Å². The third-order valence-electron chi connectivity index (χ3n) is 5.59. The van der Waals surface area contributed by atoms with Gasteiger partial charge in [-0.2, -0.15) is 4.98 Å². The van der Waals surface area contributed by atoms with Gasteiger partial charge in [0.05, 0.1) is 18.0 Å². The van der Waals surface area contributed by atoms with E-state index < -0.39 is 5.92 Å². The zero-order valence-electron chi connectivity index (χ0n) is 17.7. The molecule has 10 nitrogen and oxygen atoms in total. The zero-order valence-corrected chi connectivity index (χ0v) is 17.7. The monoisotopic (exact) mass is 449 g/mol. The van der Waals surface area contributed by atoms with E-state index in [0.29, 0.717) is 34.3 Å². The number of carbonyl (C=O) groups is 2. The van der Waals surface area contributed by atoms with Crippen LogP contribution in [-0.4, -0.2) is 48.0 Å². The molecule has 0 radical (unpaired) electrons. The zero-order chi connectivity index (χ0) is 22.9. The number of rotatable bonds is 6. The van der Waals surface area contributed by atoms with E-state index in [0.717, 1.165) is 0 Å². The Labute approximate surface area is 187 Å². The van der Waals surface area contributed by atoms with Crippen molar-refractivity contribution in [2.24, 2.45) is 5.92 Å². The lowest BCUT2D eigenvalue weighted by molar-refractivity contribution is -0.129. The molecule has 0 bridgehead atoms. The van der Waals surface area contributed by atoms with Gasteiger partial charge < -0.3 is 14.7 Å². The number of hydrogen-bond donors (Lipinski definition) is 1. The predicted molar refractivity (Wildman–Crippen MR) is 113 cm³/mol. The molecule has 1 saturated heterocycles. The highest BCUT2D eigenvalue weighted by molar-refractivity contribution is 5.89. The average Bonchev–Trinajstić information content (AvgIpc) is 3.52. The highest BCUT2D eigenvalue weighted by Crippen LogP contribution is 2.23. The molecule has 1 aliphatic heterocycles. The van der Waals surface area contributed by atoms with Crippen molar-refractivity contribution in [1.82, 2.24) is 35.0 Å². The Morgan fingerprint density at radius 1 is 1.24 bits per heavy atom. The number of amides is 2. The third kappa shape index (κ3) is 4.04. The molecule has 1 unspecified atom stereocenters. The van der Waals surface area contributed by atoms with Crippen LogP contribution < -0.4 is 5.32 Å². The summed E-state index contributed by atoms with van der Waals surface area (Å²) in [7, 11) is 0. The summed E-state index contributed by atoms with van der Waals surface area (Å²) in [6.07, 6.45) is 1.86. The topological polar surface area (TPSA) is 119 Å². The van der Waals surface area contributed by atoms with Crippen LogP contribution in [0.2, 0.25) is 0 Å². The van der Waals surface area contributed by atoms with E-state index in [9.17, 15) is 14.0 Å². The lowest BCUT2D eigenvalue weighted by atomic mass is 10.1. The predicted octanol–water partition coefficient (Wildman–Crippen LogP) is 1.89. The van der Waals surface area contributed by atoms with Crippen LogP contribution in [0.15, 0.2) is 47.1 Å². The number of likely N-dealkylation sites (tertiary alicyclic amines) is 1. The second kappa shape index (κ2) is 8.41. The number of carbonyl (C=O) groups excluding carboxylic acids is 2. The van der Waals surface area contributed by atoms with Gasteiger partial charge in [0.1, 0.15) is 5.82 Å². The fourth-order valence-electron chi connectivity index (χ4n) is 3.90. The molecule has 1 fully saturated rings. The fraction of sp³-hybridized carbons (Fsp3) is 0.273. The summed E-state index contributed by atoms with van der Waals surface area (Å²) >= 11 is 0. The Balaban J connectivity index is 1.25. The van der Waals surface area contributed by atoms with Gasteiger partial charge in [0.25, 0.3) is 5.89 Å². The average molecular weight is 449 g/mol. The maximum absolute atomic E-state index is 13.9. The highest BCUT2D eigenvalue weighted by atomic mass is 19.1. The Bertz CT molecular complexity index is 1350. The van der Waals surface area contributed by atoms with Crippen LogP contribution in [0.3, 0.4) is 0 Å². The van der Waals surface area contributed by atoms with Gasteiger partial charge in [-0.15, -0.1) is 10.2 Å². The Kier molecular flexibility index (Phi) is 5.29. The van der Waals surface area contributed by atoms with Gasteiger partial charge in [0, 0.05) is 31.3 Å². The van der Waals surface area contributed by atoms with E-state index in [1.54, 1.807) is 47.9 Å². The van der Waals surface area contributed by atoms with Gasteiger partial charge in [0.15, 0.2) is 17.3 Å². The molecule has 0 saturated carbocycles. The lowest BCUT2D eigenvalue weighted by Gasteiger charge is -2.17. The van der Waals surface area contributed by atoms with Crippen molar-refractivity contribution in [2.75, 3.05) is 6.54 Å². The maximum Gasteiger partial charge on any atom is 0.261 e. The molecule has 2 amide bonds. The minimum atomic E-state index is -0.514. The second-order valence-electron chi connectivity index (χ2n) is 7.86. The Morgan fingerprint density at radius 2 is 2.09 bits per heavy atom. The van der Waals surface area contributed by atoms with Gasteiger partial charge in [0.2, 0.25) is 11.8 Å². The quantitative estimate of drug-likeness (QED) is 0.477. The van der Waals surface area contributed by atoms with Gasteiger partial charge in [-0.1, -0.05) is 23.4 Å².